The molecule has 188 valence electrons. The summed E-state index contributed by atoms with van der Waals surface area (Å²) in [5, 5.41) is 6.86. The highest BCUT2D eigenvalue weighted by molar-refractivity contribution is 9.10. The number of likely N-dealkylation sites (tertiary alicyclic amines) is 1. The Bertz CT molecular complexity index is 1280. The first-order valence-electron chi connectivity index (χ1n) is 12.1. The normalized spacial score (nSPS) is 14.4. The van der Waals surface area contributed by atoms with Crippen LogP contribution in [0.5, 0.6) is 0 Å². The topological polar surface area (TPSA) is 83.4 Å². The molecular weight excluding hydrogens is 520 g/mol. The molecule has 0 bridgehead atoms. The highest BCUT2D eigenvalue weighted by atomic mass is 79.9. The summed E-state index contributed by atoms with van der Waals surface area (Å²) in [7, 11) is 0. The summed E-state index contributed by atoms with van der Waals surface area (Å²) in [5.74, 6) is 0.0788. The summed E-state index contributed by atoms with van der Waals surface area (Å²) in [6.07, 6.45) is 3.02. The minimum Gasteiger partial charge on any atom is -0.351 e. The van der Waals surface area contributed by atoms with E-state index in [0.29, 0.717) is 31.1 Å². The number of rotatable bonds is 9. The maximum absolute atomic E-state index is 13.3. The largest absolute Gasteiger partial charge is 0.351 e. The Morgan fingerprint density at radius 3 is 2.53 bits per heavy atom. The standard InChI is InChI=1S/C28H31BrN4O3/c1-4-27(35)33-14-21(15-33)31-26(34)17-32-16-24(22-12-20(29)10-11-25(22)32)28(36)30-13-23(18(2)3)19-8-6-5-7-9-19/h4-12,16,18,21,23H,1,13-15,17H2,2-3H3,(H,30,36)(H,31,34). The predicted octanol–water partition coefficient (Wildman–Crippen LogP) is 4.09. The molecule has 36 heavy (non-hydrogen) atoms. The van der Waals surface area contributed by atoms with Crippen molar-refractivity contribution < 1.29 is 14.4 Å². The average molecular weight is 551 g/mol. The van der Waals surface area contributed by atoms with E-state index < -0.39 is 0 Å². The fourth-order valence-electron chi connectivity index (χ4n) is 4.62. The van der Waals surface area contributed by atoms with Gasteiger partial charge in [-0.2, -0.15) is 0 Å². The number of amides is 3. The molecule has 1 aliphatic rings. The van der Waals surface area contributed by atoms with Gasteiger partial charge in [-0.3, -0.25) is 14.4 Å². The second-order valence-corrected chi connectivity index (χ2v) is 10.4. The van der Waals surface area contributed by atoms with Crippen LogP contribution in [0.25, 0.3) is 10.9 Å². The van der Waals surface area contributed by atoms with E-state index in [1.54, 1.807) is 15.7 Å². The van der Waals surface area contributed by atoms with Crippen molar-refractivity contribution >= 4 is 44.6 Å². The van der Waals surface area contributed by atoms with E-state index in [1.165, 1.54) is 11.6 Å². The number of hydrogen-bond donors (Lipinski definition) is 2. The molecule has 0 radical (unpaired) electrons. The molecule has 1 fully saturated rings. The molecule has 1 aromatic heterocycles. The van der Waals surface area contributed by atoms with Gasteiger partial charge in [0.1, 0.15) is 6.54 Å². The molecule has 3 aromatic rings. The van der Waals surface area contributed by atoms with E-state index in [-0.39, 0.29) is 36.2 Å². The zero-order valence-corrected chi connectivity index (χ0v) is 22.1. The van der Waals surface area contributed by atoms with Gasteiger partial charge in [0.15, 0.2) is 0 Å². The third-order valence-electron chi connectivity index (χ3n) is 6.65. The lowest BCUT2D eigenvalue weighted by atomic mass is 9.88. The first-order valence-corrected chi connectivity index (χ1v) is 12.9. The molecule has 0 aliphatic carbocycles. The number of nitrogens with one attached hydrogen (secondary N) is 2. The summed E-state index contributed by atoms with van der Waals surface area (Å²) in [5.41, 5.74) is 2.53. The predicted molar refractivity (Wildman–Crippen MR) is 145 cm³/mol. The van der Waals surface area contributed by atoms with E-state index in [0.717, 1.165) is 15.4 Å². The fraction of sp³-hybridized carbons (Fsp3) is 0.321. The highest BCUT2D eigenvalue weighted by Gasteiger charge is 2.30. The molecule has 2 N–H and O–H groups in total. The number of aromatic nitrogens is 1. The number of fused-ring (bicyclic) bond motifs is 1. The number of hydrogen-bond acceptors (Lipinski definition) is 3. The first kappa shape index (κ1) is 25.7. The zero-order chi connectivity index (χ0) is 25.8. The number of carbonyl (C=O) groups is 3. The molecule has 7 nitrogen and oxygen atoms in total. The van der Waals surface area contributed by atoms with Crippen LogP contribution in [-0.4, -0.2) is 52.9 Å². The average Bonchev–Trinajstić information content (AvgIpc) is 3.18. The van der Waals surface area contributed by atoms with E-state index >= 15 is 0 Å². The summed E-state index contributed by atoms with van der Waals surface area (Å²) >= 11 is 3.50. The van der Waals surface area contributed by atoms with Crippen LogP contribution in [0.1, 0.15) is 35.7 Å². The van der Waals surface area contributed by atoms with Crippen molar-refractivity contribution in [2.24, 2.45) is 5.92 Å². The van der Waals surface area contributed by atoms with Gasteiger partial charge in [0.2, 0.25) is 11.8 Å². The third kappa shape index (κ3) is 5.70. The van der Waals surface area contributed by atoms with Crippen molar-refractivity contribution in [1.29, 1.82) is 0 Å². The molecule has 3 amide bonds. The Balaban J connectivity index is 1.47. The molecule has 8 heteroatoms. The van der Waals surface area contributed by atoms with Crippen molar-refractivity contribution in [3.63, 3.8) is 0 Å². The molecule has 1 aliphatic heterocycles. The molecular formula is C28H31BrN4O3. The number of carbonyl (C=O) groups excluding carboxylic acids is 3. The first-order chi connectivity index (χ1) is 17.3. The van der Waals surface area contributed by atoms with Gasteiger partial charge in [0, 0.05) is 47.1 Å². The van der Waals surface area contributed by atoms with Crippen LogP contribution < -0.4 is 10.6 Å². The molecule has 2 heterocycles. The van der Waals surface area contributed by atoms with Crippen LogP contribution in [-0.2, 0) is 16.1 Å². The van der Waals surface area contributed by atoms with Crippen LogP contribution in [0.4, 0.5) is 0 Å². The monoisotopic (exact) mass is 550 g/mol. The van der Waals surface area contributed by atoms with Gasteiger partial charge in [-0.1, -0.05) is 66.7 Å². The molecule has 1 unspecified atom stereocenters. The number of nitrogens with zero attached hydrogens (tertiary/aromatic N) is 2. The minimum atomic E-state index is -0.170. The van der Waals surface area contributed by atoms with Gasteiger partial charge in [-0.25, -0.2) is 0 Å². The van der Waals surface area contributed by atoms with Gasteiger partial charge < -0.3 is 20.1 Å². The van der Waals surface area contributed by atoms with E-state index in [9.17, 15) is 14.4 Å². The van der Waals surface area contributed by atoms with Crippen molar-refractivity contribution in [3.05, 3.63) is 83.0 Å². The van der Waals surface area contributed by atoms with Crippen molar-refractivity contribution in [2.75, 3.05) is 19.6 Å². The lowest BCUT2D eigenvalue weighted by molar-refractivity contribution is -0.133. The van der Waals surface area contributed by atoms with Crippen LogP contribution in [0.3, 0.4) is 0 Å². The lowest BCUT2D eigenvalue weighted by Gasteiger charge is -2.38. The van der Waals surface area contributed by atoms with Crippen molar-refractivity contribution in [2.45, 2.75) is 32.4 Å². The Hall–Kier alpha value is -3.39. The molecule has 1 saturated heterocycles. The van der Waals surface area contributed by atoms with Gasteiger partial charge in [-0.05, 0) is 35.8 Å². The van der Waals surface area contributed by atoms with E-state index in [4.69, 9.17) is 0 Å². The maximum Gasteiger partial charge on any atom is 0.253 e. The van der Waals surface area contributed by atoms with Crippen LogP contribution in [0, 0.1) is 5.92 Å². The van der Waals surface area contributed by atoms with Crippen molar-refractivity contribution in [1.82, 2.24) is 20.1 Å². The van der Waals surface area contributed by atoms with Crippen LogP contribution in [0.2, 0.25) is 0 Å². The molecule has 0 spiro atoms. The number of halogens is 1. The fourth-order valence-corrected chi connectivity index (χ4v) is 4.99. The van der Waals surface area contributed by atoms with Crippen LogP contribution >= 0.6 is 15.9 Å². The molecule has 1 atom stereocenters. The Kier molecular flexibility index (Phi) is 7.94. The highest BCUT2D eigenvalue weighted by Crippen LogP contribution is 2.27. The molecule has 0 saturated carbocycles. The quantitative estimate of drug-likeness (QED) is 0.393. The summed E-state index contributed by atoms with van der Waals surface area (Å²) < 4.78 is 2.66. The lowest BCUT2D eigenvalue weighted by Crippen LogP contribution is -2.61. The third-order valence-corrected chi connectivity index (χ3v) is 7.14. The van der Waals surface area contributed by atoms with Gasteiger partial charge in [0.05, 0.1) is 11.6 Å². The maximum atomic E-state index is 13.3. The van der Waals surface area contributed by atoms with Crippen molar-refractivity contribution in [3.8, 4) is 0 Å². The van der Waals surface area contributed by atoms with Crippen LogP contribution in [0.15, 0.2) is 71.9 Å². The second kappa shape index (κ2) is 11.1. The molecule has 2 aromatic carbocycles. The van der Waals surface area contributed by atoms with Gasteiger partial charge >= 0.3 is 0 Å². The summed E-state index contributed by atoms with van der Waals surface area (Å²) in [6, 6.07) is 15.8. The van der Waals surface area contributed by atoms with E-state index in [2.05, 4.69) is 59.1 Å². The second-order valence-electron chi connectivity index (χ2n) is 9.52. The zero-order valence-electron chi connectivity index (χ0n) is 20.5. The summed E-state index contributed by atoms with van der Waals surface area (Å²) in [6.45, 7) is 9.34. The Labute approximate surface area is 219 Å². The molecule has 4 rings (SSSR count). The van der Waals surface area contributed by atoms with Gasteiger partial charge in [0.25, 0.3) is 5.91 Å². The number of benzene rings is 2. The smallest absolute Gasteiger partial charge is 0.253 e. The Morgan fingerprint density at radius 1 is 1.14 bits per heavy atom. The van der Waals surface area contributed by atoms with E-state index in [1.807, 2.05) is 36.4 Å². The van der Waals surface area contributed by atoms with Gasteiger partial charge in [-0.15, -0.1) is 0 Å². The summed E-state index contributed by atoms with van der Waals surface area (Å²) in [4.78, 5) is 39.3. The minimum absolute atomic E-state index is 0.0777. The SMILES string of the molecule is C=CC(=O)N1CC(NC(=O)Cn2cc(C(=O)NCC(c3ccccc3)C(C)C)c3cc(Br)ccc32)C1. The Morgan fingerprint density at radius 2 is 1.86 bits per heavy atom.